The number of rotatable bonds is 4. The number of aromatic nitrogens is 4. The van der Waals surface area contributed by atoms with Crippen LogP contribution >= 0.6 is 0 Å². The maximum atomic E-state index is 4.83. The van der Waals surface area contributed by atoms with E-state index in [2.05, 4.69) is 117 Å². The normalized spacial score (nSPS) is 16.1. The Kier molecular flexibility index (Phi) is 5.83. The van der Waals surface area contributed by atoms with Crippen LogP contribution in [0, 0.1) is 0 Å². The van der Waals surface area contributed by atoms with E-state index in [0.29, 0.717) is 0 Å². The topological polar surface area (TPSA) is 35.6 Å². The zero-order chi connectivity index (χ0) is 29.1. The summed E-state index contributed by atoms with van der Waals surface area (Å²) in [4.78, 5) is 9.30. The molecule has 2 aliphatic rings. The van der Waals surface area contributed by atoms with Crippen LogP contribution in [0.15, 0.2) is 116 Å². The van der Waals surface area contributed by atoms with Crippen molar-refractivity contribution in [1.82, 2.24) is 19.1 Å². The molecule has 0 unspecified atom stereocenters. The minimum Gasteiger partial charge on any atom is -0.308 e. The maximum absolute atomic E-state index is 4.83. The highest BCUT2D eigenvalue weighted by atomic mass is 15.1. The van der Waals surface area contributed by atoms with Gasteiger partial charge in [0.1, 0.15) is 5.65 Å². The Bertz CT molecular complexity index is 2140. The quantitative estimate of drug-likeness (QED) is 0.211. The Morgan fingerprint density at radius 1 is 0.614 bits per heavy atom. The number of allylic oxidation sites excluding steroid dienone is 1. The number of fused-ring (bicyclic) bond motifs is 6. The van der Waals surface area contributed by atoms with E-state index in [0.717, 1.165) is 24.0 Å². The summed E-state index contributed by atoms with van der Waals surface area (Å²) in [5.74, 6) is 0. The van der Waals surface area contributed by atoms with Crippen LogP contribution in [0.2, 0.25) is 0 Å². The number of hydrogen-bond donors (Lipinski definition) is 0. The molecule has 0 amide bonds. The molecule has 3 aromatic carbocycles. The zero-order valence-corrected chi connectivity index (χ0v) is 24.8. The minimum atomic E-state index is 0.0247. The van der Waals surface area contributed by atoms with Crippen LogP contribution in [0.3, 0.4) is 0 Å². The number of hydrogen-bond acceptors (Lipinski definition) is 2. The van der Waals surface area contributed by atoms with E-state index in [1.54, 1.807) is 0 Å². The molecule has 7 aromatic rings. The highest BCUT2D eigenvalue weighted by molar-refractivity contribution is 6.08. The van der Waals surface area contributed by atoms with E-state index < -0.39 is 0 Å². The van der Waals surface area contributed by atoms with Crippen LogP contribution in [0.4, 0.5) is 0 Å². The van der Waals surface area contributed by atoms with E-state index in [4.69, 9.17) is 4.98 Å². The smallest absolute Gasteiger partial charge is 0.145 e. The SMILES string of the molecule is C1=Cc2c(n(-c3ccc(C4(c5ccc(-n6c7ccccc7c7ccncc76)cc5)CCCCC4)cc3)c3ncccc23)CC1. The molecule has 9 rings (SSSR count). The summed E-state index contributed by atoms with van der Waals surface area (Å²) < 4.78 is 4.75. The lowest BCUT2D eigenvalue weighted by atomic mass is 9.65. The molecule has 0 bridgehead atoms. The van der Waals surface area contributed by atoms with Crippen molar-refractivity contribution >= 4 is 38.9 Å². The molecule has 44 heavy (non-hydrogen) atoms. The Morgan fingerprint density at radius 2 is 1.32 bits per heavy atom. The Hall–Kier alpha value is -4.96. The van der Waals surface area contributed by atoms with Crippen molar-refractivity contribution in [2.75, 3.05) is 0 Å². The largest absolute Gasteiger partial charge is 0.308 e. The molecule has 0 N–H and O–H groups in total. The van der Waals surface area contributed by atoms with Crippen LogP contribution in [0.5, 0.6) is 0 Å². The zero-order valence-electron chi connectivity index (χ0n) is 24.8. The second-order valence-corrected chi connectivity index (χ2v) is 12.5. The van der Waals surface area contributed by atoms with Crippen molar-refractivity contribution in [3.8, 4) is 11.4 Å². The number of nitrogens with zero attached hydrogens (tertiary/aromatic N) is 4. The van der Waals surface area contributed by atoms with Crippen LogP contribution in [0.25, 0.3) is 50.3 Å². The summed E-state index contributed by atoms with van der Waals surface area (Å²) in [6.45, 7) is 0. The maximum Gasteiger partial charge on any atom is 0.145 e. The fraction of sp³-hybridized carbons (Fsp3) is 0.200. The first kappa shape index (κ1) is 25.5. The van der Waals surface area contributed by atoms with Gasteiger partial charge in [-0.25, -0.2) is 4.98 Å². The van der Waals surface area contributed by atoms with Gasteiger partial charge in [-0.15, -0.1) is 0 Å². The monoisotopic (exact) mass is 570 g/mol. The molecule has 214 valence electrons. The molecule has 2 aliphatic carbocycles. The molecule has 0 aliphatic heterocycles. The van der Waals surface area contributed by atoms with Crippen molar-refractivity contribution in [3.05, 3.63) is 138 Å². The fourth-order valence-corrected chi connectivity index (χ4v) is 8.18. The van der Waals surface area contributed by atoms with Gasteiger partial charge in [-0.2, -0.15) is 0 Å². The molecule has 4 aromatic heterocycles. The third-order valence-electron chi connectivity index (χ3n) is 10.2. The van der Waals surface area contributed by atoms with E-state index in [1.165, 1.54) is 87.5 Å². The first-order valence-electron chi connectivity index (χ1n) is 16.0. The lowest BCUT2D eigenvalue weighted by Gasteiger charge is -2.39. The predicted molar refractivity (Wildman–Crippen MR) is 181 cm³/mol. The second-order valence-electron chi connectivity index (χ2n) is 12.5. The van der Waals surface area contributed by atoms with E-state index in [-0.39, 0.29) is 5.41 Å². The lowest BCUT2D eigenvalue weighted by Crippen LogP contribution is -2.30. The molecule has 4 nitrogen and oxygen atoms in total. The molecule has 0 atom stereocenters. The summed E-state index contributed by atoms with van der Waals surface area (Å²) in [5, 5.41) is 3.75. The summed E-state index contributed by atoms with van der Waals surface area (Å²) in [7, 11) is 0. The summed E-state index contributed by atoms with van der Waals surface area (Å²) in [6.07, 6.45) is 18.7. The second kappa shape index (κ2) is 10.1. The van der Waals surface area contributed by atoms with Crippen molar-refractivity contribution in [2.45, 2.75) is 50.4 Å². The number of benzene rings is 3. The molecule has 4 heterocycles. The predicted octanol–water partition coefficient (Wildman–Crippen LogP) is 9.73. The van der Waals surface area contributed by atoms with Crippen LogP contribution < -0.4 is 0 Å². The third kappa shape index (κ3) is 3.77. The summed E-state index contributed by atoms with van der Waals surface area (Å²) in [5.41, 5.74) is 11.4. The van der Waals surface area contributed by atoms with Gasteiger partial charge in [0, 0.05) is 56.6 Å². The van der Waals surface area contributed by atoms with Gasteiger partial charge in [0.15, 0.2) is 0 Å². The third-order valence-corrected chi connectivity index (χ3v) is 10.2. The standard InChI is InChI=1S/C40H34N4/c1-6-23-40(24-7-1,28-14-18-30(19-15-28)43-36-12-4-2-9-32(36)34-22-26-41-27-38(34)43)29-16-20-31(21-17-29)44-37-13-5-3-10-33(37)35-11-8-25-42-39(35)44/h2-4,8-12,14-22,25-27H,1,5-7,13,23-24H2. The van der Waals surface area contributed by atoms with Gasteiger partial charge in [-0.3, -0.25) is 9.55 Å². The van der Waals surface area contributed by atoms with E-state index >= 15 is 0 Å². The Labute approximate surface area is 257 Å². The minimum absolute atomic E-state index is 0.0247. The van der Waals surface area contributed by atoms with Crippen LogP contribution in [0.1, 0.15) is 60.9 Å². The summed E-state index contributed by atoms with van der Waals surface area (Å²) >= 11 is 0. The molecular formula is C40H34N4. The Morgan fingerprint density at radius 3 is 2.11 bits per heavy atom. The average molecular weight is 571 g/mol. The van der Waals surface area contributed by atoms with Crippen molar-refractivity contribution in [2.24, 2.45) is 0 Å². The van der Waals surface area contributed by atoms with Crippen LogP contribution in [-0.4, -0.2) is 19.1 Å². The van der Waals surface area contributed by atoms with E-state index in [1.807, 2.05) is 18.6 Å². The van der Waals surface area contributed by atoms with Gasteiger partial charge in [0.25, 0.3) is 0 Å². The lowest BCUT2D eigenvalue weighted by molar-refractivity contribution is 0.346. The highest BCUT2D eigenvalue weighted by Crippen LogP contribution is 2.46. The first-order valence-corrected chi connectivity index (χ1v) is 16.0. The van der Waals surface area contributed by atoms with Crippen molar-refractivity contribution in [1.29, 1.82) is 0 Å². The molecule has 4 heteroatoms. The first-order chi connectivity index (χ1) is 21.8. The van der Waals surface area contributed by atoms with Crippen molar-refractivity contribution < 1.29 is 0 Å². The molecular weight excluding hydrogens is 536 g/mol. The highest BCUT2D eigenvalue weighted by Gasteiger charge is 2.36. The number of para-hydroxylation sites is 1. The van der Waals surface area contributed by atoms with Gasteiger partial charge < -0.3 is 4.57 Å². The van der Waals surface area contributed by atoms with E-state index in [9.17, 15) is 0 Å². The molecule has 0 spiro atoms. The fourth-order valence-electron chi connectivity index (χ4n) is 8.18. The molecule has 1 fully saturated rings. The molecule has 0 saturated heterocycles. The molecule has 1 saturated carbocycles. The van der Waals surface area contributed by atoms with Gasteiger partial charge in [0.2, 0.25) is 0 Å². The van der Waals surface area contributed by atoms with Gasteiger partial charge in [-0.1, -0.05) is 73.9 Å². The van der Waals surface area contributed by atoms with Gasteiger partial charge in [0.05, 0.1) is 17.2 Å². The summed E-state index contributed by atoms with van der Waals surface area (Å²) in [6, 6.07) is 33.9. The average Bonchev–Trinajstić information content (AvgIpc) is 3.62. The van der Waals surface area contributed by atoms with Crippen molar-refractivity contribution in [3.63, 3.8) is 0 Å². The Balaban J connectivity index is 1.13. The van der Waals surface area contributed by atoms with Crippen LogP contribution in [-0.2, 0) is 11.8 Å². The molecule has 0 radical (unpaired) electrons. The van der Waals surface area contributed by atoms with Gasteiger partial charge in [-0.05, 0) is 85.3 Å². The van der Waals surface area contributed by atoms with Gasteiger partial charge >= 0.3 is 0 Å². The number of pyridine rings is 2.